The van der Waals surface area contributed by atoms with Crippen molar-refractivity contribution in [2.24, 2.45) is 11.8 Å². The smallest absolute Gasteiger partial charge is 0.0666 e. The van der Waals surface area contributed by atoms with Gasteiger partial charge in [-0.2, -0.15) is 0 Å². The average molecular weight is 238 g/mol. The number of fused-ring (bicyclic) bond motifs is 1. The van der Waals surface area contributed by atoms with Gasteiger partial charge in [0.15, 0.2) is 0 Å². The van der Waals surface area contributed by atoms with Crippen LogP contribution in [0.3, 0.4) is 0 Å². The average Bonchev–Trinajstić information content (AvgIpc) is 2.89. The van der Waals surface area contributed by atoms with Gasteiger partial charge in [0.1, 0.15) is 0 Å². The SMILES string of the molecule is CCC1(C)CC(N2CC3CNCC3C2)CCO1. The molecule has 3 rings (SSSR count). The van der Waals surface area contributed by atoms with Gasteiger partial charge in [-0.1, -0.05) is 6.92 Å². The Morgan fingerprint density at radius 3 is 2.65 bits per heavy atom. The fourth-order valence-electron chi connectivity index (χ4n) is 3.85. The van der Waals surface area contributed by atoms with Crippen LogP contribution in [0.25, 0.3) is 0 Å². The summed E-state index contributed by atoms with van der Waals surface area (Å²) in [5.74, 6) is 1.84. The van der Waals surface area contributed by atoms with E-state index in [1.807, 2.05) is 0 Å². The minimum atomic E-state index is 0.138. The van der Waals surface area contributed by atoms with Crippen LogP contribution in [0.2, 0.25) is 0 Å². The summed E-state index contributed by atoms with van der Waals surface area (Å²) in [4.78, 5) is 2.76. The van der Waals surface area contributed by atoms with E-state index < -0.39 is 0 Å². The Bertz CT molecular complexity index is 271. The molecule has 0 spiro atoms. The maximum atomic E-state index is 5.96. The molecule has 0 radical (unpaired) electrons. The molecule has 4 unspecified atom stereocenters. The molecule has 3 fully saturated rings. The maximum Gasteiger partial charge on any atom is 0.0666 e. The highest BCUT2D eigenvalue weighted by Crippen LogP contribution is 2.35. The lowest BCUT2D eigenvalue weighted by atomic mass is 9.89. The number of nitrogens with zero attached hydrogens (tertiary/aromatic N) is 1. The molecule has 0 saturated carbocycles. The minimum absolute atomic E-state index is 0.138. The highest BCUT2D eigenvalue weighted by Gasteiger charge is 2.41. The van der Waals surface area contributed by atoms with E-state index in [1.165, 1.54) is 39.0 Å². The molecule has 98 valence electrons. The Morgan fingerprint density at radius 1 is 1.29 bits per heavy atom. The van der Waals surface area contributed by atoms with Crippen LogP contribution >= 0.6 is 0 Å². The molecule has 0 aromatic carbocycles. The van der Waals surface area contributed by atoms with Gasteiger partial charge in [0.2, 0.25) is 0 Å². The third kappa shape index (κ3) is 2.25. The normalized spacial score (nSPS) is 47.3. The fourth-order valence-corrected chi connectivity index (χ4v) is 3.85. The molecule has 3 aliphatic rings. The zero-order valence-electron chi connectivity index (χ0n) is 11.2. The molecule has 3 saturated heterocycles. The van der Waals surface area contributed by atoms with Crippen LogP contribution in [0.15, 0.2) is 0 Å². The van der Waals surface area contributed by atoms with Crippen LogP contribution in [-0.4, -0.2) is 49.3 Å². The van der Waals surface area contributed by atoms with E-state index in [4.69, 9.17) is 4.74 Å². The van der Waals surface area contributed by atoms with E-state index in [9.17, 15) is 0 Å². The van der Waals surface area contributed by atoms with Crippen molar-refractivity contribution in [2.75, 3.05) is 32.8 Å². The van der Waals surface area contributed by atoms with E-state index in [2.05, 4.69) is 24.1 Å². The van der Waals surface area contributed by atoms with Crippen molar-refractivity contribution >= 4 is 0 Å². The summed E-state index contributed by atoms with van der Waals surface area (Å²) in [6.07, 6.45) is 3.62. The summed E-state index contributed by atoms with van der Waals surface area (Å²) in [5.41, 5.74) is 0.138. The number of ether oxygens (including phenoxy) is 1. The lowest BCUT2D eigenvalue weighted by molar-refractivity contribution is -0.0946. The minimum Gasteiger partial charge on any atom is -0.375 e. The van der Waals surface area contributed by atoms with E-state index in [0.717, 1.165) is 30.9 Å². The number of nitrogens with one attached hydrogen (secondary N) is 1. The van der Waals surface area contributed by atoms with Gasteiger partial charge in [0.25, 0.3) is 0 Å². The number of rotatable bonds is 2. The lowest BCUT2D eigenvalue weighted by Crippen LogP contribution is -2.47. The van der Waals surface area contributed by atoms with Crippen molar-refractivity contribution in [1.29, 1.82) is 0 Å². The topological polar surface area (TPSA) is 24.5 Å². The van der Waals surface area contributed by atoms with E-state index in [1.54, 1.807) is 0 Å². The summed E-state index contributed by atoms with van der Waals surface area (Å²) >= 11 is 0. The van der Waals surface area contributed by atoms with Gasteiger partial charge in [-0.25, -0.2) is 0 Å². The first kappa shape index (κ1) is 11.9. The third-order valence-corrected chi connectivity index (χ3v) is 5.25. The van der Waals surface area contributed by atoms with Gasteiger partial charge in [0.05, 0.1) is 5.60 Å². The molecule has 3 nitrogen and oxygen atoms in total. The molecule has 3 heteroatoms. The first-order valence-electron chi connectivity index (χ1n) is 7.29. The third-order valence-electron chi connectivity index (χ3n) is 5.25. The van der Waals surface area contributed by atoms with Crippen molar-refractivity contribution in [3.63, 3.8) is 0 Å². The van der Waals surface area contributed by atoms with Crippen molar-refractivity contribution in [3.05, 3.63) is 0 Å². The Hall–Kier alpha value is -0.120. The highest BCUT2D eigenvalue weighted by molar-refractivity contribution is 4.96. The molecule has 3 heterocycles. The van der Waals surface area contributed by atoms with Crippen molar-refractivity contribution in [3.8, 4) is 0 Å². The summed E-state index contributed by atoms with van der Waals surface area (Å²) < 4.78 is 5.96. The molecule has 0 aliphatic carbocycles. The van der Waals surface area contributed by atoms with Gasteiger partial charge in [0, 0.05) is 25.7 Å². The Balaban J connectivity index is 1.61. The predicted molar refractivity (Wildman–Crippen MR) is 69.1 cm³/mol. The van der Waals surface area contributed by atoms with E-state index >= 15 is 0 Å². The zero-order valence-corrected chi connectivity index (χ0v) is 11.2. The van der Waals surface area contributed by atoms with Crippen LogP contribution in [-0.2, 0) is 4.74 Å². The molecule has 0 aromatic heterocycles. The van der Waals surface area contributed by atoms with Crippen LogP contribution in [0.4, 0.5) is 0 Å². The molecule has 17 heavy (non-hydrogen) atoms. The first-order valence-corrected chi connectivity index (χ1v) is 7.29. The van der Waals surface area contributed by atoms with Gasteiger partial charge >= 0.3 is 0 Å². The number of hydrogen-bond donors (Lipinski definition) is 1. The van der Waals surface area contributed by atoms with Gasteiger partial charge in [-0.3, -0.25) is 4.90 Å². The van der Waals surface area contributed by atoms with Crippen LogP contribution in [0.1, 0.15) is 33.1 Å². The fraction of sp³-hybridized carbons (Fsp3) is 1.00. The molecule has 0 amide bonds. The lowest BCUT2D eigenvalue weighted by Gasteiger charge is -2.41. The number of hydrogen-bond acceptors (Lipinski definition) is 3. The van der Waals surface area contributed by atoms with Crippen molar-refractivity contribution in [1.82, 2.24) is 10.2 Å². The second-order valence-electron chi connectivity index (χ2n) is 6.43. The molecule has 0 aromatic rings. The first-order chi connectivity index (χ1) is 8.20. The molecule has 1 N–H and O–H groups in total. The Labute approximate surface area is 105 Å². The zero-order chi connectivity index (χ0) is 11.9. The van der Waals surface area contributed by atoms with Gasteiger partial charge in [-0.15, -0.1) is 0 Å². The molecular formula is C14H26N2O. The monoisotopic (exact) mass is 238 g/mol. The molecule has 0 bridgehead atoms. The summed E-state index contributed by atoms with van der Waals surface area (Å²) in [7, 11) is 0. The standard InChI is InChI=1S/C14H26N2O/c1-3-14(2)6-13(4-5-17-14)16-9-11-7-15-8-12(11)10-16/h11-13,15H,3-10H2,1-2H3. The van der Waals surface area contributed by atoms with Crippen LogP contribution in [0.5, 0.6) is 0 Å². The Kier molecular flexibility index (Phi) is 3.18. The van der Waals surface area contributed by atoms with E-state index in [-0.39, 0.29) is 5.60 Å². The van der Waals surface area contributed by atoms with Crippen molar-refractivity contribution < 1.29 is 4.74 Å². The largest absolute Gasteiger partial charge is 0.375 e. The number of likely N-dealkylation sites (tertiary alicyclic amines) is 1. The van der Waals surface area contributed by atoms with Crippen LogP contribution < -0.4 is 5.32 Å². The Morgan fingerprint density at radius 2 is 2.00 bits per heavy atom. The summed E-state index contributed by atoms with van der Waals surface area (Å²) in [6, 6.07) is 0.777. The predicted octanol–water partition coefficient (Wildman–Crippen LogP) is 1.49. The molecule has 4 atom stereocenters. The van der Waals surface area contributed by atoms with E-state index in [0.29, 0.717) is 0 Å². The quantitative estimate of drug-likeness (QED) is 0.789. The maximum absolute atomic E-state index is 5.96. The second kappa shape index (κ2) is 4.52. The van der Waals surface area contributed by atoms with Gasteiger partial charge < -0.3 is 10.1 Å². The summed E-state index contributed by atoms with van der Waals surface area (Å²) in [5, 5.41) is 3.52. The molecule has 3 aliphatic heterocycles. The van der Waals surface area contributed by atoms with Gasteiger partial charge in [-0.05, 0) is 51.1 Å². The van der Waals surface area contributed by atoms with Crippen LogP contribution in [0, 0.1) is 11.8 Å². The summed E-state index contributed by atoms with van der Waals surface area (Å²) in [6.45, 7) is 10.6. The highest BCUT2D eigenvalue weighted by atomic mass is 16.5. The second-order valence-corrected chi connectivity index (χ2v) is 6.43. The van der Waals surface area contributed by atoms with Crippen molar-refractivity contribution in [2.45, 2.75) is 44.8 Å². The molecular weight excluding hydrogens is 212 g/mol.